The van der Waals surface area contributed by atoms with E-state index in [-0.39, 0.29) is 114 Å². The fraction of sp³-hybridized carbons (Fsp3) is 0.844. The Kier molecular flexibility index (Phi) is 38.6. The quantitative estimate of drug-likeness (QED) is 0.0256. The maximum Gasteiger partial charge on any atom is 0.407 e. The highest BCUT2D eigenvalue weighted by Crippen LogP contribution is 2.33. The van der Waals surface area contributed by atoms with Gasteiger partial charge in [0, 0.05) is 78.4 Å². The summed E-state index contributed by atoms with van der Waals surface area (Å²) in [5, 5.41) is 50.9. The van der Waals surface area contributed by atoms with E-state index in [1.807, 2.05) is 27.7 Å². The summed E-state index contributed by atoms with van der Waals surface area (Å²) in [7, 11) is 4.24. The SMILES string of the molecule is CCC(=O)C1CCC(CN2C(=O)CC(SCCNC(=O)CCNC(=O)OCC(OC)OC(CC)CO)C2=O)CC1.CCC(CO)OC(CO)OC.CCC(CO)OC(COC(=O)NCCC(=O)O)OC. The minimum Gasteiger partial charge on any atom is -0.481 e. The number of nitrogens with one attached hydrogen (secondary N) is 3. The van der Waals surface area contributed by atoms with Crippen molar-refractivity contribution in [2.75, 3.05) is 92.9 Å². The van der Waals surface area contributed by atoms with Gasteiger partial charge in [-0.1, -0.05) is 27.7 Å². The minimum absolute atomic E-state index is 0.0130. The zero-order valence-electron chi connectivity index (χ0n) is 42.0. The van der Waals surface area contributed by atoms with E-state index in [2.05, 4.69) is 16.0 Å². The van der Waals surface area contributed by atoms with E-state index >= 15 is 0 Å². The summed E-state index contributed by atoms with van der Waals surface area (Å²) in [6.45, 7) is 7.42. The normalized spacial score (nSPS) is 19.2. The number of ketones is 1. The van der Waals surface area contributed by atoms with Crippen LogP contribution in [0.5, 0.6) is 0 Å². The lowest BCUT2D eigenvalue weighted by atomic mass is 9.79. The number of imide groups is 1. The number of aliphatic carboxylic acids is 1. The number of carbonyl (C=O) groups excluding carboxylic acids is 6. The number of hydrogen-bond acceptors (Lipinski definition) is 20. The van der Waals surface area contributed by atoms with E-state index in [9.17, 15) is 38.7 Å². The summed E-state index contributed by atoms with van der Waals surface area (Å²) in [4.78, 5) is 83.9. The van der Waals surface area contributed by atoms with Gasteiger partial charge in [-0.25, -0.2) is 9.59 Å². The van der Waals surface area contributed by atoms with Crippen molar-refractivity contribution in [2.45, 2.75) is 141 Å². The van der Waals surface area contributed by atoms with Gasteiger partial charge in [-0.05, 0) is 50.9 Å². The number of alkyl carbamates (subject to hydrolysis) is 2. The summed E-state index contributed by atoms with van der Waals surface area (Å²) >= 11 is 1.36. The number of carboxylic acid groups (broad SMARTS) is 1. The zero-order chi connectivity index (χ0) is 52.9. The number of thioether (sulfide) groups is 1. The topological polar surface area (TPSA) is 334 Å². The Morgan fingerprint density at radius 2 is 1.13 bits per heavy atom. The van der Waals surface area contributed by atoms with Gasteiger partial charge in [-0.2, -0.15) is 0 Å². The molecule has 2 aliphatic rings. The van der Waals surface area contributed by atoms with Crippen LogP contribution in [0.3, 0.4) is 0 Å². The van der Waals surface area contributed by atoms with Gasteiger partial charge in [0.25, 0.3) is 0 Å². The summed E-state index contributed by atoms with van der Waals surface area (Å²) < 4.78 is 40.5. The average Bonchev–Trinajstić information content (AvgIpc) is 3.63. The second kappa shape index (κ2) is 40.8. The first-order valence-corrected chi connectivity index (χ1v) is 24.8. The molecule has 5 amide bonds. The highest BCUT2D eigenvalue weighted by Gasteiger charge is 2.40. The van der Waals surface area contributed by atoms with Gasteiger partial charge in [-0.3, -0.25) is 28.9 Å². The first-order valence-electron chi connectivity index (χ1n) is 23.8. The molecule has 1 aliphatic heterocycles. The number of rotatable bonds is 34. The minimum atomic E-state index is -1.01. The Morgan fingerprint density at radius 1 is 0.657 bits per heavy atom. The van der Waals surface area contributed by atoms with E-state index in [1.54, 1.807) is 0 Å². The third-order valence-electron chi connectivity index (χ3n) is 10.9. The van der Waals surface area contributed by atoms with Crippen LogP contribution in [-0.4, -0.2) is 207 Å². The average molecular weight is 1030 g/mol. The van der Waals surface area contributed by atoms with Gasteiger partial charge >= 0.3 is 18.2 Å². The first kappa shape index (κ1) is 66.2. The van der Waals surface area contributed by atoms with Crippen molar-refractivity contribution in [3.8, 4) is 0 Å². The maximum absolute atomic E-state index is 12.8. The lowest BCUT2D eigenvalue weighted by Gasteiger charge is -2.30. The fourth-order valence-corrected chi connectivity index (χ4v) is 7.59. The summed E-state index contributed by atoms with van der Waals surface area (Å²) in [6.07, 6.45) is 1.13. The molecule has 25 heteroatoms. The molecule has 2 rings (SSSR count). The molecule has 1 aliphatic carbocycles. The van der Waals surface area contributed by atoms with E-state index in [4.69, 9.17) is 58.3 Å². The van der Waals surface area contributed by atoms with Crippen LogP contribution in [0.25, 0.3) is 0 Å². The molecule has 2 fully saturated rings. The number of amides is 5. The van der Waals surface area contributed by atoms with Crippen LogP contribution < -0.4 is 16.0 Å². The summed E-state index contributed by atoms with van der Waals surface area (Å²) in [5.41, 5.74) is 0. The third kappa shape index (κ3) is 29.6. The number of nitrogens with zero attached hydrogens (tertiary/aromatic N) is 1. The van der Waals surface area contributed by atoms with Crippen molar-refractivity contribution < 1.29 is 97.0 Å². The van der Waals surface area contributed by atoms with Crippen LogP contribution in [0.1, 0.15) is 98.3 Å². The van der Waals surface area contributed by atoms with Crippen LogP contribution in [0, 0.1) is 11.8 Å². The molecule has 1 heterocycles. The molecule has 8 N–H and O–H groups in total. The smallest absolute Gasteiger partial charge is 0.407 e. The molecular formula is C45H82N4O20S. The summed E-state index contributed by atoms with van der Waals surface area (Å²) in [6, 6.07) is 0. The molecule has 0 bridgehead atoms. The van der Waals surface area contributed by atoms with E-state index in [1.165, 1.54) is 38.0 Å². The Balaban J connectivity index is 0.00000130. The van der Waals surface area contributed by atoms with Crippen molar-refractivity contribution in [3.05, 3.63) is 0 Å². The Labute approximate surface area is 415 Å². The molecule has 7 unspecified atom stereocenters. The number of aliphatic hydroxyl groups is 4. The van der Waals surface area contributed by atoms with Crippen molar-refractivity contribution in [2.24, 2.45) is 11.8 Å². The first-order chi connectivity index (χ1) is 33.5. The van der Waals surface area contributed by atoms with Crippen LogP contribution in [0.2, 0.25) is 0 Å². The predicted octanol–water partition coefficient (Wildman–Crippen LogP) is 1.31. The van der Waals surface area contributed by atoms with Crippen molar-refractivity contribution in [1.29, 1.82) is 0 Å². The number of ether oxygens (including phenoxy) is 8. The number of likely N-dealkylation sites (tertiary alicyclic amines) is 1. The van der Waals surface area contributed by atoms with Crippen LogP contribution in [0.15, 0.2) is 0 Å². The Morgan fingerprint density at radius 3 is 1.54 bits per heavy atom. The number of aliphatic hydroxyl groups excluding tert-OH is 4. The third-order valence-corrected chi connectivity index (χ3v) is 12.1. The number of carboxylic acids is 1. The molecular weight excluding hydrogens is 949 g/mol. The van der Waals surface area contributed by atoms with Gasteiger partial charge in [0.15, 0.2) is 18.9 Å². The molecule has 1 saturated heterocycles. The molecule has 408 valence electrons. The zero-order valence-corrected chi connectivity index (χ0v) is 42.8. The Hall–Kier alpha value is -3.76. The lowest BCUT2D eigenvalue weighted by molar-refractivity contribution is -0.181. The molecule has 0 aromatic heterocycles. The number of Topliss-reactive ketones (excluding diaryl/α,β-unsaturated/α-hetero) is 1. The maximum atomic E-state index is 12.8. The van der Waals surface area contributed by atoms with Crippen LogP contribution in [0.4, 0.5) is 9.59 Å². The van der Waals surface area contributed by atoms with Gasteiger partial charge in [0.1, 0.15) is 19.0 Å². The molecule has 7 atom stereocenters. The van der Waals surface area contributed by atoms with E-state index in [0.29, 0.717) is 50.3 Å². The highest BCUT2D eigenvalue weighted by atomic mass is 32.2. The summed E-state index contributed by atoms with van der Waals surface area (Å²) in [5.74, 6) is -0.443. The molecule has 1 saturated carbocycles. The number of methoxy groups -OCH3 is 3. The molecule has 0 spiro atoms. The monoisotopic (exact) mass is 1030 g/mol. The van der Waals surface area contributed by atoms with Gasteiger partial charge in [0.05, 0.1) is 56.4 Å². The highest BCUT2D eigenvalue weighted by molar-refractivity contribution is 8.00. The van der Waals surface area contributed by atoms with Crippen molar-refractivity contribution in [3.63, 3.8) is 0 Å². The molecule has 0 radical (unpaired) electrons. The molecule has 24 nitrogen and oxygen atoms in total. The van der Waals surface area contributed by atoms with Crippen molar-refractivity contribution >= 4 is 53.4 Å². The second-order valence-electron chi connectivity index (χ2n) is 16.0. The van der Waals surface area contributed by atoms with Crippen LogP contribution >= 0.6 is 11.8 Å². The van der Waals surface area contributed by atoms with Gasteiger partial charge < -0.3 is 79.4 Å². The molecule has 0 aromatic rings. The standard InChI is InChI=1S/C27H45N3O9S.C11H21NO7.C7H16O4/c1-4-20(16-31)39-25(37-3)17-38-27(36)29-11-10-23(33)28-12-13-40-22-14-24(34)30(26(22)35)15-18-6-8-19(9-7-18)21(32)5-2;1-3-8(6-13)19-10(17-2)7-18-11(16)12-5-4-9(14)15;1-3-6(4-8)11-7(5-9)10-2/h18-20,22,25,31H,4-17H2,1-3H3,(H,28,33)(H,29,36);8,10,13H,3-7H2,1-2H3,(H,12,16)(H,14,15);6-9H,3-5H2,1-2H3. The predicted molar refractivity (Wildman–Crippen MR) is 253 cm³/mol. The van der Waals surface area contributed by atoms with Gasteiger partial charge in [0.2, 0.25) is 17.7 Å². The molecule has 0 aromatic carbocycles. The number of hydrogen-bond donors (Lipinski definition) is 8. The van der Waals surface area contributed by atoms with Crippen LogP contribution in [-0.2, 0) is 61.9 Å². The molecule has 70 heavy (non-hydrogen) atoms. The lowest BCUT2D eigenvalue weighted by Crippen LogP contribution is -2.37. The second-order valence-corrected chi connectivity index (χ2v) is 17.3. The Bertz CT molecular complexity index is 1450. The van der Waals surface area contributed by atoms with Crippen molar-refractivity contribution in [1.82, 2.24) is 20.9 Å². The fourth-order valence-electron chi connectivity index (χ4n) is 6.56. The van der Waals surface area contributed by atoms with E-state index < -0.39 is 48.4 Å². The largest absolute Gasteiger partial charge is 0.481 e. The van der Waals surface area contributed by atoms with E-state index in [0.717, 1.165) is 25.7 Å². The van der Waals surface area contributed by atoms with Gasteiger partial charge in [-0.15, -0.1) is 11.8 Å². The number of carbonyl (C=O) groups is 7.